The summed E-state index contributed by atoms with van der Waals surface area (Å²) in [5.74, 6) is -0.219. The number of methoxy groups -OCH3 is 1. The second-order valence-electron chi connectivity index (χ2n) is 5.43. The second-order valence-corrected chi connectivity index (χ2v) is 10.8. The van der Waals surface area contributed by atoms with Crippen molar-refractivity contribution in [3.8, 4) is 0 Å². The van der Waals surface area contributed by atoms with Gasteiger partial charge in [0, 0.05) is 5.33 Å². The molecule has 0 rings (SSSR count). The number of esters is 1. The highest BCUT2D eigenvalue weighted by Crippen LogP contribution is 2.37. The first-order valence-corrected chi connectivity index (χ1v) is 9.47. The van der Waals surface area contributed by atoms with Crippen LogP contribution in [-0.2, 0) is 14.0 Å². The third-order valence-electron chi connectivity index (χ3n) is 3.06. The molecule has 0 N–H and O–H groups in total. The van der Waals surface area contributed by atoms with Gasteiger partial charge in [-0.15, -0.1) is 0 Å². The Labute approximate surface area is 108 Å². The third kappa shape index (κ3) is 4.97. The van der Waals surface area contributed by atoms with E-state index < -0.39 is 8.32 Å². The van der Waals surface area contributed by atoms with Gasteiger partial charge in [0.2, 0.25) is 0 Å². The fraction of sp³-hybridized carbons (Fsp3) is 0.909. The van der Waals surface area contributed by atoms with Gasteiger partial charge in [0.15, 0.2) is 8.32 Å². The summed E-state index contributed by atoms with van der Waals surface area (Å²) < 4.78 is 10.8. The van der Waals surface area contributed by atoms with Gasteiger partial charge in [-0.2, -0.15) is 0 Å². The van der Waals surface area contributed by atoms with Crippen LogP contribution in [0.5, 0.6) is 0 Å². The minimum atomic E-state index is -1.81. The molecule has 0 aromatic rings. The molecule has 0 fully saturated rings. The van der Waals surface area contributed by atoms with Crippen LogP contribution in [0.4, 0.5) is 0 Å². The molecule has 0 aliphatic carbocycles. The zero-order valence-corrected chi connectivity index (χ0v) is 13.7. The maximum atomic E-state index is 11.2. The van der Waals surface area contributed by atoms with Crippen LogP contribution in [-0.4, -0.2) is 32.8 Å². The van der Waals surface area contributed by atoms with Gasteiger partial charge in [-0.3, -0.25) is 4.79 Å². The number of halogens is 1. The molecule has 0 spiro atoms. The average molecular weight is 311 g/mol. The molecule has 0 saturated heterocycles. The minimum Gasteiger partial charge on any atom is -0.469 e. The highest BCUT2D eigenvalue weighted by Gasteiger charge is 2.39. The summed E-state index contributed by atoms with van der Waals surface area (Å²) in [5.41, 5.74) is 0. The Bertz CT molecular complexity index is 236. The van der Waals surface area contributed by atoms with Gasteiger partial charge < -0.3 is 9.16 Å². The minimum absolute atomic E-state index is 0.0895. The number of carbonyl (C=O) groups excluding carboxylic acids is 1. The normalized spacial score (nSPS) is 14.7. The predicted octanol–water partition coefficient (Wildman–Crippen LogP) is 3.33. The van der Waals surface area contributed by atoms with E-state index >= 15 is 0 Å². The quantitative estimate of drug-likeness (QED) is 0.444. The molecule has 0 amide bonds. The molecule has 3 nitrogen and oxygen atoms in total. The summed E-state index contributed by atoms with van der Waals surface area (Å²) in [6, 6.07) is 0. The lowest BCUT2D eigenvalue weighted by molar-refractivity contribution is -0.142. The number of hydrogen-bond donors (Lipinski definition) is 0. The van der Waals surface area contributed by atoms with Crippen molar-refractivity contribution < 1.29 is 14.0 Å². The van der Waals surface area contributed by atoms with Crippen LogP contribution >= 0.6 is 15.9 Å². The zero-order chi connectivity index (χ0) is 13.0. The highest BCUT2D eigenvalue weighted by atomic mass is 79.9. The van der Waals surface area contributed by atoms with Crippen LogP contribution < -0.4 is 0 Å². The summed E-state index contributed by atoms with van der Waals surface area (Å²) in [7, 11) is -0.404. The maximum absolute atomic E-state index is 11.2. The summed E-state index contributed by atoms with van der Waals surface area (Å²) in [6.07, 6.45) is 0.224. The molecular formula is C11H23BrO3Si. The van der Waals surface area contributed by atoms with E-state index in [1.807, 2.05) is 0 Å². The van der Waals surface area contributed by atoms with E-state index in [1.54, 1.807) is 0 Å². The van der Waals surface area contributed by atoms with E-state index in [0.29, 0.717) is 11.8 Å². The molecular weight excluding hydrogens is 288 g/mol. The number of alkyl halides is 1. The van der Waals surface area contributed by atoms with E-state index in [0.717, 1.165) is 0 Å². The number of rotatable bonds is 5. The van der Waals surface area contributed by atoms with Gasteiger partial charge in [0.25, 0.3) is 0 Å². The van der Waals surface area contributed by atoms with Crippen molar-refractivity contribution in [1.82, 2.24) is 0 Å². The van der Waals surface area contributed by atoms with Crippen molar-refractivity contribution in [3.63, 3.8) is 0 Å². The van der Waals surface area contributed by atoms with Gasteiger partial charge in [0.1, 0.15) is 0 Å². The molecule has 0 unspecified atom stereocenters. The molecule has 0 aliphatic rings. The Morgan fingerprint density at radius 3 is 2.19 bits per heavy atom. The first kappa shape index (κ1) is 16.1. The number of carbonyl (C=O) groups is 1. The molecule has 0 heterocycles. The summed E-state index contributed by atoms with van der Waals surface area (Å²) in [4.78, 5) is 11.2. The smallest absolute Gasteiger partial charge is 0.308 e. The van der Waals surface area contributed by atoms with E-state index in [9.17, 15) is 4.79 Å². The molecule has 0 aromatic carbocycles. The molecule has 0 bridgehead atoms. The maximum Gasteiger partial charge on any atom is 0.308 e. The summed E-state index contributed by atoms with van der Waals surface area (Å²) in [5, 5.41) is 0.818. The largest absolute Gasteiger partial charge is 0.469 e. The Kier molecular flexibility index (Phi) is 6.21. The molecule has 0 aliphatic heterocycles. The van der Waals surface area contributed by atoms with Crippen molar-refractivity contribution in [1.29, 1.82) is 0 Å². The summed E-state index contributed by atoms with van der Waals surface area (Å²) in [6.45, 7) is 10.9. The first-order chi connectivity index (χ1) is 7.14. The number of ether oxygens (including phenoxy) is 1. The standard InChI is InChI=1S/C11H23BrO3Si/c1-11(2,3)16(5,6)15-9(8-12)7-10(13)14-4/h9H,7-8H2,1-6H3/t9-/m0/s1. The van der Waals surface area contributed by atoms with Crippen LogP contribution in [0.25, 0.3) is 0 Å². The van der Waals surface area contributed by atoms with Crippen LogP contribution in [0.15, 0.2) is 0 Å². The first-order valence-electron chi connectivity index (χ1n) is 5.44. The van der Waals surface area contributed by atoms with Gasteiger partial charge in [-0.05, 0) is 18.1 Å². The van der Waals surface area contributed by atoms with Gasteiger partial charge >= 0.3 is 5.97 Å². The van der Waals surface area contributed by atoms with Crippen LogP contribution in [0.1, 0.15) is 27.2 Å². The third-order valence-corrected chi connectivity index (χ3v) is 8.32. The van der Waals surface area contributed by atoms with Gasteiger partial charge in [-0.1, -0.05) is 36.7 Å². The SMILES string of the molecule is COC(=O)C[C@@H](CBr)O[Si](C)(C)C(C)(C)C. The highest BCUT2D eigenvalue weighted by molar-refractivity contribution is 9.09. The monoisotopic (exact) mass is 310 g/mol. The van der Waals surface area contributed by atoms with Gasteiger partial charge in [0.05, 0.1) is 19.6 Å². The van der Waals surface area contributed by atoms with E-state index in [4.69, 9.17) is 4.43 Å². The lowest BCUT2D eigenvalue weighted by atomic mass is 10.2. The van der Waals surface area contributed by atoms with Crippen molar-refractivity contribution >= 4 is 30.2 Å². The van der Waals surface area contributed by atoms with E-state index in [-0.39, 0.29) is 17.1 Å². The van der Waals surface area contributed by atoms with Gasteiger partial charge in [-0.25, -0.2) is 0 Å². The van der Waals surface area contributed by atoms with Crippen LogP contribution in [0, 0.1) is 0 Å². The molecule has 0 aromatic heterocycles. The van der Waals surface area contributed by atoms with Crippen molar-refractivity contribution in [2.24, 2.45) is 0 Å². The topological polar surface area (TPSA) is 35.5 Å². The van der Waals surface area contributed by atoms with Crippen LogP contribution in [0.2, 0.25) is 18.1 Å². The van der Waals surface area contributed by atoms with Crippen molar-refractivity contribution in [2.45, 2.75) is 51.4 Å². The molecule has 16 heavy (non-hydrogen) atoms. The Hall–Kier alpha value is 0.127. The molecule has 5 heteroatoms. The Morgan fingerprint density at radius 1 is 1.38 bits per heavy atom. The lowest BCUT2D eigenvalue weighted by Gasteiger charge is -2.38. The summed E-state index contributed by atoms with van der Waals surface area (Å²) >= 11 is 3.38. The molecule has 0 saturated carbocycles. The fourth-order valence-electron chi connectivity index (χ4n) is 0.990. The van der Waals surface area contributed by atoms with Crippen LogP contribution in [0.3, 0.4) is 0 Å². The van der Waals surface area contributed by atoms with Crippen molar-refractivity contribution in [2.75, 3.05) is 12.4 Å². The van der Waals surface area contributed by atoms with E-state index in [2.05, 4.69) is 54.5 Å². The molecule has 0 radical (unpaired) electrons. The average Bonchev–Trinajstić information content (AvgIpc) is 2.14. The zero-order valence-electron chi connectivity index (χ0n) is 11.1. The lowest BCUT2D eigenvalue weighted by Crippen LogP contribution is -2.44. The molecule has 96 valence electrons. The predicted molar refractivity (Wildman–Crippen MR) is 72.5 cm³/mol. The van der Waals surface area contributed by atoms with E-state index in [1.165, 1.54) is 7.11 Å². The Balaban J connectivity index is 4.48. The van der Waals surface area contributed by atoms with Crippen molar-refractivity contribution in [3.05, 3.63) is 0 Å². The second kappa shape index (κ2) is 6.17. The number of hydrogen-bond acceptors (Lipinski definition) is 3. The Morgan fingerprint density at radius 2 is 1.88 bits per heavy atom. The fourth-order valence-corrected chi connectivity index (χ4v) is 2.95. The molecule has 1 atom stereocenters.